The summed E-state index contributed by atoms with van der Waals surface area (Å²) in [5, 5.41) is 4.05. The van der Waals surface area contributed by atoms with Gasteiger partial charge in [0.15, 0.2) is 21.3 Å². The van der Waals surface area contributed by atoms with Crippen molar-refractivity contribution in [3.63, 3.8) is 0 Å². The second kappa shape index (κ2) is 7.17. The van der Waals surface area contributed by atoms with Crippen LogP contribution in [-0.2, 0) is 14.6 Å². The molecular formula is C18H18N2O5S. The standard InChI is InChI=1S/C18H18N2O5S/c1-12(13-7-9-14(10-8-13)26(2,22)23)19-20-18(21)17-11-24-15-5-3-4-6-16(15)25-17/h3-10,17H,11H2,1-2H3,(H,20,21)/b19-12-/t17-/m1/s1. The van der Waals surface area contributed by atoms with E-state index in [9.17, 15) is 13.2 Å². The van der Waals surface area contributed by atoms with Crippen molar-refractivity contribution in [2.75, 3.05) is 12.9 Å². The van der Waals surface area contributed by atoms with E-state index in [-0.39, 0.29) is 11.5 Å². The third kappa shape index (κ3) is 4.02. The molecule has 1 aliphatic rings. The van der Waals surface area contributed by atoms with E-state index in [1.54, 1.807) is 37.3 Å². The SMILES string of the molecule is C/C(=N/NC(=O)[C@H]1COc2ccccc2O1)c1ccc(S(C)(=O)=O)cc1. The van der Waals surface area contributed by atoms with Crippen LogP contribution in [-0.4, -0.2) is 39.0 Å². The number of carbonyl (C=O) groups is 1. The van der Waals surface area contributed by atoms with Crippen LogP contribution in [0.5, 0.6) is 11.5 Å². The molecule has 0 saturated heterocycles. The van der Waals surface area contributed by atoms with Gasteiger partial charge in [0.2, 0.25) is 6.10 Å². The Balaban J connectivity index is 1.65. The molecule has 0 saturated carbocycles. The Morgan fingerprint density at radius 3 is 2.42 bits per heavy atom. The zero-order valence-corrected chi connectivity index (χ0v) is 15.1. The van der Waals surface area contributed by atoms with Crippen LogP contribution in [0.4, 0.5) is 0 Å². The smallest absolute Gasteiger partial charge is 0.284 e. The average molecular weight is 374 g/mol. The van der Waals surface area contributed by atoms with Crippen molar-refractivity contribution in [1.82, 2.24) is 5.43 Å². The Morgan fingerprint density at radius 1 is 1.12 bits per heavy atom. The average Bonchev–Trinajstić information content (AvgIpc) is 2.64. The lowest BCUT2D eigenvalue weighted by Gasteiger charge is -2.24. The number of hydrogen-bond donors (Lipinski definition) is 1. The monoisotopic (exact) mass is 374 g/mol. The van der Waals surface area contributed by atoms with Crippen LogP contribution < -0.4 is 14.9 Å². The molecule has 0 spiro atoms. The first-order chi connectivity index (χ1) is 12.3. The molecular weight excluding hydrogens is 356 g/mol. The predicted molar refractivity (Wildman–Crippen MR) is 96.3 cm³/mol. The summed E-state index contributed by atoms with van der Waals surface area (Å²) in [4.78, 5) is 12.5. The molecule has 136 valence electrons. The zero-order valence-electron chi connectivity index (χ0n) is 14.3. The van der Waals surface area contributed by atoms with Crippen LogP contribution in [0.2, 0.25) is 0 Å². The van der Waals surface area contributed by atoms with Gasteiger partial charge in [0.1, 0.15) is 6.61 Å². The zero-order chi connectivity index (χ0) is 18.7. The molecule has 26 heavy (non-hydrogen) atoms. The molecule has 0 aromatic heterocycles. The molecule has 1 N–H and O–H groups in total. The number of rotatable bonds is 4. The van der Waals surface area contributed by atoms with E-state index in [0.29, 0.717) is 22.8 Å². The van der Waals surface area contributed by atoms with Gasteiger partial charge < -0.3 is 9.47 Å². The predicted octanol–water partition coefficient (Wildman–Crippen LogP) is 1.77. The van der Waals surface area contributed by atoms with Gasteiger partial charge >= 0.3 is 0 Å². The molecule has 1 aliphatic heterocycles. The van der Waals surface area contributed by atoms with Gasteiger partial charge in [0.05, 0.1) is 10.6 Å². The minimum absolute atomic E-state index is 0.0977. The van der Waals surface area contributed by atoms with Crippen LogP contribution in [0.1, 0.15) is 12.5 Å². The van der Waals surface area contributed by atoms with Gasteiger partial charge in [-0.1, -0.05) is 24.3 Å². The lowest BCUT2D eigenvalue weighted by atomic mass is 10.1. The number of amides is 1. The first-order valence-electron chi connectivity index (χ1n) is 7.88. The van der Waals surface area contributed by atoms with E-state index in [2.05, 4.69) is 10.5 Å². The summed E-state index contributed by atoms with van der Waals surface area (Å²) >= 11 is 0. The van der Waals surface area contributed by atoms with Gasteiger partial charge in [0, 0.05) is 6.26 Å². The topological polar surface area (TPSA) is 94.1 Å². The molecule has 0 unspecified atom stereocenters. The summed E-state index contributed by atoms with van der Waals surface area (Å²) in [5.41, 5.74) is 3.69. The molecule has 2 aromatic rings. The van der Waals surface area contributed by atoms with E-state index < -0.39 is 21.8 Å². The summed E-state index contributed by atoms with van der Waals surface area (Å²) < 4.78 is 34.1. The highest BCUT2D eigenvalue weighted by atomic mass is 32.2. The second-order valence-electron chi connectivity index (χ2n) is 5.83. The van der Waals surface area contributed by atoms with Gasteiger partial charge in [0.25, 0.3) is 5.91 Å². The number of carbonyl (C=O) groups excluding carboxylic acids is 1. The molecule has 0 bridgehead atoms. The van der Waals surface area contributed by atoms with E-state index in [4.69, 9.17) is 9.47 Å². The number of nitrogens with zero attached hydrogens (tertiary/aromatic N) is 1. The molecule has 8 heteroatoms. The van der Waals surface area contributed by atoms with Crippen LogP contribution in [0.3, 0.4) is 0 Å². The highest BCUT2D eigenvalue weighted by Crippen LogP contribution is 2.30. The van der Waals surface area contributed by atoms with Gasteiger partial charge in [-0.15, -0.1) is 0 Å². The van der Waals surface area contributed by atoms with E-state index >= 15 is 0 Å². The van der Waals surface area contributed by atoms with Crippen molar-refractivity contribution in [2.45, 2.75) is 17.9 Å². The molecule has 3 rings (SSSR count). The Bertz CT molecular complexity index is 952. The largest absolute Gasteiger partial charge is 0.485 e. The lowest BCUT2D eigenvalue weighted by Crippen LogP contribution is -2.42. The van der Waals surface area contributed by atoms with Crippen LogP contribution in [0.15, 0.2) is 58.5 Å². The maximum atomic E-state index is 12.2. The normalized spacial score (nSPS) is 16.8. The number of benzene rings is 2. The first kappa shape index (κ1) is 17.9. The van der Waals surface area contributed by atoms with Crippen molar-refractivity contribution in [3.05, 3.63) is 54.1 Å². The summed E-state index contributed by atoms with van der Waals surface area (Å²) in [6, 6.07) is 13.4. The van der Waals surface area contributed by atoms with Crippen molar-refractivity contribution in [1.29, 1.82) is 0 Å². The number of hydrazone groups is 1. The molecule has 2 aromatic carbocycles. The minimum Gasteiger partial charge on any atom is -0.485 e. The lowest BCUT2D eigenvalue weighted by molar-refractivity contribution is -0.130. The van der Waals surface area contributed by atoms with Gasteiger partial charge in [-0.2, -0.15) is 5.10 Å². The van der Waals surface area contributed by atoms with Crippen LogP contribution >= 0.6 is 0 Å². The number of sulfone groups is 1. The number of ether oxygens (including phenoxy) is 2. The summed E-state index contributed by atoms with van der Waals surface area (Å²) in [6.07, 6.45) is 0.349. The van der Waals surface area contributed by atoms with E-state index in [0.717, 1.165) is 6.26 Å². The van der Waals surface area contributed by atoms with Crippen molar-refractivity contribution in [2.24, 2.45) is 5.10 Å². The highest BCUT2D eigenvalue weighted by molar-refractivity contribution is 7.90. The number of hydrogen-bond acceptors (Lipinski definition) is 6. The maximum Gasteiger partial charge on any atom is 0.284 e. The fraction of sp³-hybridized carbons (Fsp3) is 0.222. The van der Waals surface area contributed by atoms with Crippen LogP contribution in [0.25, 0.3) is 0 Å². The quantitative estimate of drug-likeness (QED) is 0.650. The molecule has 1 atom stereocenters. The molecule has 0 fully saturated rings. The Labute approximate surface area is 151 Å². The molecule has 1 heterocycles. The highest BCUT2D eigenvalue weighted by Gasteiger charge is 2.27. The van der Waals surface area contributed by atoms with Crippen molar-refractivity contribution >= 4 is 21.5 Å². The van der Waals surface area contributed by atoms with Gasteiger partial charge in [-0.3, -0.25) is 4.79 Å². The number of fused-ring (bicyclic) bond motifs is 1. The van der Waals surface area contributed by atoms with Crippen LogP contribution in [0, 0.1) is 0 Å². The number of nitrogens with one attached hydrogen (secondary N) is 1. The number of para-hydroxylation sites is 2. The van der Waals surface area contributed by atoms with Gasteiger partial charge in [-0.25, -0.2) is 13.8 Å². The Morgan fingerprint density at radius 2 is 1.77 bits per heavy atom. The summed E-state index contributed by atoms with van der Waals surface area (Å²) in [6.45, 7) is 1.81. The van der Waals surface area contributed by atoms with Crippen molar-refractivity contribution in [3.8, 4) is 11.5 Å². The van der Waals surface area contributed by atoms with E-state index in [1.807, 2.05) is 6.07 Å². The molecule has 1 amide bonds. The second-order valence-corrected chi connectivity index (χ2v) is 7.85. The third-order valence-corrected chi connectivity index (χ3v) is 4.96. The fourth-order valence-electron chi connectivity index (χ4n) is 2.37. The minimum atomic E-state index is -3.25. The fourth-order valence-corrected chi connectivity index (χ4v) is 3.00. The molecule has 0 radical (unpaired) electrons. The first-order valence-corrected chi connectivity index (χ1v) is 9.77. The molecule has 0 aliphatic carbocycles. The van der Waals surface area contributed by atoms with E-state index in [1.165, 1.54) is 12.1 Å². The molecule has 7 nitrogen and oxygen atoms in total. The third-order valence-electron chi connectivity index (χ3n) is 3.84. The van der Waals surface area contributed by atoms with Gasteiger partial charge in [-0.05, 0) is 36.8 Å². The summed E-state index contributed by atoms with van der Waals surface area (Å²) in [5.74, 6) is 0.685. The van der Waals surface area contributed by atoms with Crippen molar-refractivity contribution < 1.29 is 22.7 Å². The maximum absolute atomic E-state index is 12.2. The Kier molecular flexibility index (Phi) is 4.94. The summed E-state index contributed by atoms with van der Waals surface area (Å²) in [7, 11) is -3.25. The Hall–Kier alpha value is -2.87.